The van der Waals surface area contributed by atoms with E-state index in [1.807, 2.05) is 66.7 Å². The summed E-state index contributed by atoms with van der Waals surface area (Å²) in [5.74, 6) is 2.44. The first-order valence-electron chi connectivity index (χ1n) is 8.72. The number of rotatable bonds is 6. The van der Waals surface area contributed by atoms with E-state index in [-0.39, 0.29) is 0 Å². The van der Waals surface area contributed by atoms with Crippen LogP contribution in [0.15, 0.2) is 72.8 Å². The van der Waals surface area contributed by atoms with Gasteiger partial charge in [-0.15, -0.1) is 0 Å². The van der Waals surface area contributed by atoms with E-state index in [2.05, 4.69) is 10.6 Å². The van der Waals surface area contributed by atoms with Gasteiger partial charge in [0.1, 0.15) is 23.9 Å². The molecule has 0 radical (unpaired) electrons. The lowest BCUT2D eigenvalue weighted by molar-refractivity contribution is 0.298. The van der Waals surface area contributed by atoms with E-state index in [0.29, 0.717) is 18.2 Å². The normalized spacial score (nSPS) is 10.9. The number of methoxy groups -OCH3 is 1. The number of ether oxygens (including phenoxy) is 2. The second kappa shape index (κ2) is 7.72. The van der Waals surface area contributed by atoms with Crippen molar-refractivity contribution in [2.24, 2.45) is 0 Å². The Morgan fingerprint density at radius 1 is 0.926 bits per heavy atom. The van der Waals surface area contributed by atoms with E-state index in [1.165, 1.54) is 0 Å². The number of benzene rings is 3. The molecule has 0 saturated carbocycles. The third-order valence-corrected chi connectivity index (χ3v) is 4.60. The summed E-state index contributed by atoms with van der Waals surface area (Å²) in [7, 11) is 1.65. The highest BCUT2D eigenvalue weighted by atomic mass is 35.5. The molecular weight excluding hydrogens is 360 g/mol. The van der Waals surface area contributed by atoms with Crippen LogP contribution >= 0.6 is 11.6 Å². The van der Waals surface area contributed by atoms with E-state index >= 15 is 0 Å². The second-order valence-corrected chi connectivity index (χ2v) is 6.55. The Bertz CT molecular complexity index is 1070. The number of fused-ring (bicyclic) bond motifs is 1. The van der Waals surface area contributed by atoms with Crippen molar-refractivity contribution in [2.75, 3.05) is 13.7 Å². The average molecular weight is 379 g/mol. The van der Waals surface area contributed by atoms with Gasteiger partial charge in [-0.25, -0.2) is 4.98 Å². The van der Waals surface area contributed by atoms with Crippen molar-refractivity contribution in [3.63, 3.8) is 0 Å². The molecule has 4 aromatic rings. The zero-order valence-electron chi connectivity index (χ0n) is 14.9. The highest BCUT2D eigenvalue weighted by Crippen LogP contribution is 2.27. The molecule has 5 heteroatoms. The van der Waals surface area contributed by atoms with E-state index < -0.39 is 0 Å². The van der Waals surface area contributed by atoms with Crippen LogP contribution in [0.3, 0.4) is 0 Å². The molecule has 0 aliphatic rings. The molecule has 0 atom stereocenters. The molecule has 0 unspecified atom stereocenters. The molecule has 4 nitrogen and oxygen atoms in total. The molecule has 3 aromatic carbocycles. The molecule has 1 aromatic heterocycles. The molecule has 0 N–H and O–H groups in total. The number of hydrogen-bond donors (Lipinski definition) is 0. The number of hydrogen-bond acceptors (Lipinski definition) is 3. The molecular formula is C22H19ClN2O2. The minimum atomic E-state index is 0.515. The lowest BCUT2D eigenvalue weighted by Crippen LogP contribution is -2.09. The van der Waals surface area contributed by atoms with Gasteiger partial charge in [-0.3, -0.25) is 0 Å². The maximum Gasteiger partial charge on any atom is 0.141 e. The Morgan fingerprint density at radius 3 is 2.59 bits per heavy atom. The quantitative estimate of drug-likeness (QED) is 0.448. The monoisotopic (exact) mass is 378 g/mol. The number of halogens is 1. The maximum absolute atomic E-state index is 6.19. The summed E-state index contributed by atoms with van der Waals surface area (Å²) in [5.41, 5.74) is 3.01. The molecule has 136 valence electrons. The van der Waals surface area contributed by atoms with Crippen LogP contribution in [0.2, 0.25) is 5.02 Å². The molecule has 0 aliphatic carbocycles. The Balaban J connectivity index is 1.63. The van der Waals surface area contributed by atoms with Crippen LogP contribution in [0.4, 0.5) is 0 Å². The van der Waals surface area contributed by atoms with Crippen LogP contribution in [0.25, 0.3) is 22.4 Å². The molecule has 0 saturated heterocycles. The fourth-order valence-electron chi connectivity index (χ4n) is 3.10. The van der Waals surface area contributed by atoms with Crippen molar-refractivity contribution >= 4 is 22.6 Å². The summed E-state index contributed by atoms with van der Waals surface area (Å²) in [6.45, 7) is 1.18. The Kier molecular flexibility index (Phi) is 4.99. The predicted molar refractivity (Wildman–Crippen MR) is 109 cm³/mol. The number of nitrogens with zero attached hydrogens (tertiary/aromatic N) is 2. The van der Waals surface area contributed by atoms with E-state index in [9.17, 15) is 0 Å². The number of para-hydroxylation sites is 2. The largest absolute Gasteiger partial charge is 0.497 e. The minimum absolute atomic E-state index is 0.515. The predicted octanol–water partition coefficient (Wildman–Crippen LogP) is 5.44. The Labute approximate surface area is 162 Å². The second-order valence-electron chi connectivity index (χ2n) is 6.11. The standard InChI is InChI=1S/C22H19ClN2O2/c1-26-18-8-5-9-19(15-18)27-13-12-25-21-11-3-2-10-20(21)24-22(25)16-6-4-7-17(23)14-16/h2-11,14-15H,12-13H2,1H3. The van der Waals surface area contributed by atoms with Gasteiger partial charge in [-0.1, -0.05) is 41.9 Å². The zero-order valence-corrected chi connectivity index (χ0v) is 15.7. The molecule has 0 amide bonds. The van der Waals surface area contributed by atoms with Gasteiger partial charge in [-0.05, 0) is 36.4 Å². The molecule has 0 spiro atoms. The van der Waals surface area contributed by atoms with Crippen LogP contribution in [0.1, 0.15) is 0 Å². The number of aromatic nitrogens is 2. The van der Waals surface area contributed by atoms with Gasteiger partial charge >= 0.3 is 0 Å². The summed E-state index contributed by atoms with van der Waals surface area (Å²) in [5, 5.41) is 0.693. The smallest absolute Gasteiger partial charge is 0.141 e. The fraction of sp³-hybridized carbons (Fsp3) is 0.136. The SMILES string of the molecule is COc1cccc(OCCn2c(-c3cccc(Cl)c3)nc3ccccc32)c1. The summed E-state index contributed by atoms with van der Waals surface area (Å²) in [4.78, 5) is 4.81. The third kappa shape index (κ3) is 3.76. The summed E-state index contributed by atoms with van der Waals surface area (Å²) < 4.78 is 13.3. The Morgan fingerprint density at radius 2 is 1.74 bits per heavy atom. The molecule has 0 fully saturated rings. The third-order valence-electron chi connectivity index (χ3n) is 4.36. The molecule has 4 rings (SSSR count). The van der Waals surface area contributed by atoms with Crippen molar-refractivity contribution < 1.29 is 9.47 Å². The van der Waals surface area contributed by atoms with Gasteiger partial charge in [-0.2, -0.15) is 0 Å². The van der Waals surface area contributed by atoms with Crippen molar-refractivity contribution in [3.8, 4) is 22.9 Å². The molecule has 1 heterocycles. The topological polar surface area (TPSA) is 36.3 Å². The average Bonchev–Trinajstić information content (AvgIpc) is 3.07. The van der Waals surface area contributed by atoms with Crippen LogP contribution in [0.5, 0.6) is 11.5 Å². The summed E-state index contributed by atoms with van der Waals surface area (Å²) >= 11 is 6.19. The van der Waals surface area contributed by atoms with Crippen LogP contribution < -0.4 is 9.47 Å². The lowest BCUT2D eigenvalue weighted by Gasteiger charge is -2.12. The fourth-order valence-corrected chi connectivity index (χ4v) is 3.29. The van der Waals surface area contributed by atoms with Crippen LogP contribution in [-0.2, 0) is 6.54 Å². The van der Waals surface area contributed by atoms with Gasteiger partial charge in [0.05, 0.1) is 24.7 Å². The minimum Gasteiger partial charge on any atom is -0.497 e. The summed E-state index contributed by atoms with van der Waals surface area (Å²) in [6.07, 6.45) is 0. The van der Waals surface area contributed by atoms with Crippen molar-refractivity contribution in [1.82, 2.24) is 9.55 Å². The lowest BCUT2D eigenvalue weighted by atomic mass is 10.2. The van der Waals surface area contributed by atoms with Crippen molar-refractivity contribution in [3.05, 3.63) is 77.8 Å². The van der Waals surface area contributed by atoms with Gasteiger partial charge in [0, 0.05) is 16.7 Å². The first-order chi connectivity index (χ1) is 13.2. The zero-order chi connectivity index (χ0) is 18.6. The Hall–Kier alpha value is -2.98. The van der Waals surface area contributed by atoms with Gasteiger partial charge in [0.25, 0.3) is 0 Å². The van der Waals surface area contributed by atoms with Crippen LogP contribution in [0, 0.1) is 0 Å². The van der Waals surface area contributed by atoms with Gasteiger partial charge in [0.2, 0.25) is 0 Å². The van der Waals surface area contributed by atoms with Crippen molar-refractivity contribution in [2.45, 2.75) is 6.54 Å². The highest BCUT2D eigenvalue weighted by Gasteiger charge is 2.12. The summed E-state index contributed by atoms with van der Waals surface area (Å²) in [6, 6.07) is 23.5. The maximum atomic E-state index is 6.19. The molecule has 0 bridgehead atoms. The molecule has 27 heavy (non-hydrogen) atoms. The van der Waals surface area contributed by atoms with E-state index in [1.54, 1.807) is 7.11 Å². The first kappa shape index (κ1) is 17.4. The number of imidazole rings is 1. The van der Waals surface area contributed by atoms with E-state index in [4.69, 9.17) is 26.1 Å². The van der Waals surface area contributed by atoms with Crippen molar-refractivity contribution in [1.29, 1.82) is 0 Å². The van der Waals surface area contributed by atoms with Gasteiger partial charge < -0.3 is 14.0 Å². The van der Waals surface area contributed by atoms with Crippen LogP contribution in [-0.4, -0.2) is 23.3 Å². The first-order valence-corrected chi connectivity index (χ1v) is 9.10. The highest BCUT2D eigenvalue weighted by molar-refractivity contribution is 6.30. The molecule has 0 aliphatic heterocycles. The van der Waals surface area contributed by atoms with Gasteiger partial charge in [0.15, 0.2) is 0 Å². The van der Waals surface area contributed by atoms with E-state index in [0.717, 1.165) is 33.9 Å².